The number of carbonyl (C=O) groups excluding carboxylic acids is 2. The molecule has 0 bridgehead atoms. The zero-order chi connectivity index (χ0) is 19.9. The van der Waals surface area contributed by atoms with E-state index in [4.69, 9.17) is 9.47 Å². The predicted octanol–water partition coefficient (Wildman–Crippen LogP) is -5.37. The molecule has 2 aliphatic rings. The van der Waals surface area contributed by atoms with Gasteiger partial charge in [-0.2, -0.15) is 0 Å². The minimum absolute atomic E-state index is 0. The zero-order valence-electron chi connectivity index (χ0n) is 16.7. The van der Waals surface area contributed by atoms with Crippen LogP contribution in [0.2, 0.25) is 0 Å². The van der Waals surface area contributed by atoms with Gasteiger partial charge < -0.3 is 29.3 Å². The molecule has 30 heavy (non-hydrogen) atoms. The Hall–Kier alpha value is -1.21. The first-order chi connectivity index (χ1) is 13.5. The number of aromatic nitrogens is 2. The Labute approximate surface area is 205 Å². The number of aromatic carboxylic acids is 2. The molecule has 4 rings (SSSR count). The van der Waals surface area contributed by atoms with Crippen LogP contribution in [-0.2, 0) is 9.47 Å². The van der Waals surface area contributed by atoms with Crippen molar-refractivity contribution < 1.29 is 67.0 Å². The van der Waals surface area contributed by atoms with Gasteiger partial charge in [0.25, 0.3) is 0 Å². The van der Waals surface area contributed by atoms with E-state index < -0.39 is 11.9 Å². The summed E-state index contributed by atoms with van der Waals surface area (Å²) < 4.78 is 10.3. The number of carboxylic acids is 2. The van der Waals surface area contributed by atoms with Crippen LogP contribution in [0.15, 0.2) is 22.9 Å². The van der Waals surface area contributed by atoms with Gasteiger partial charge in [0, 0.05) is 10.8 Å². The summed E-state index contributed by atoms with van der Waals surface area (Å²) in [6.45, 7) is 2.50. The molecule has 8 nitrogen and oxygen atoms in total. The number of hydrogen-bond acceptors (Lipinski definition) is 10. The van der Waals surface area contributed by atoms with Crippen molar-refractivity contribution in [3.05, 3.63) is 44.3 Å². The Morgan fingerprint density at radius 2 is 1.20 bits per heavy atom. The van der Waals surface area contributed by atoms with Crippen molar-refractivity contribution in [3.63, 3.8) is 0 Å². The van der Waals surface area contributed by atoms with Crippen molar-refractivity contribution in [3.8, 4) is 0 Å². The maximum absolute atomic E-state index is 10.5. The molecule has 2 aliphatic heterocycles. The number of rotatable bonds is 4. The van der Waals surface area contributed by atoms with Gasteiger partial charge >= 0.3 is 37.7 Å². The second kappa shape index (κ2) is 13.3. The standard InChI is InChI=1S/2C9H9NO3S.2Li/c2*11-9(12)8-10-7(5-14-8)6-1-3-13-4-2-6;;/h2*1,5H,2-4H2,(H,11,12);;/q;;2*+1/p-2. The average molecular weight is 434 g/mol. The summed E-state index contributed by atoms with van der Waals surface area (Å²) in [6.07, 6.45) is 5.43. The van der Waals surface area contributed by atoms with E-state index in [-0.39, 0.29) is 47.7 Å². The van der Waals surface area contributed by atoms with E-state index in [0.717, 1.165) is 58.0 Å². The fourth-order valence-corrected chi connectivity index (χ4v) is 3.90. The Kier molecular flexibility index (Phi) is 11.9. The second-order valence-electron chi connectivity index (χ2n) is 5.76. The zero-order valence-corrected chi connectivity index (χ0v) is 18.3. The molecule has 0 fully saturated rings. The van der Waals surface area contributed by atoms with Gasteiger partial charge in [-0.15, -0.1) is 22.7 Å². The molecule has 0 aromatic carbocycles. The number of ether oxygens (including phenoxy) is 2. The number of nitrogens with zero attached hydrogens (tertiary/aromatic N) is 2. The summed E-state index contributed by atoms with van der Waals surface area (Å²) in [4.78, 5) is 28.9. The minimum atomic E-state index is -1.21. The number of carbonyl (C=O) groups is 2. The third-order valence-corrected chi connectivity index (χ3v) is 5.59. The van der Waals surface area contributed by atoms with Crippen LogP contribution in [0.5, 0.6) is 0 Å². The van der Waals surface area contributed by atoms with Crippen LogP contribution < -0.4 is 47.9 Å². The molecular formula is C18H16Li2N2O6S2. The van der Waals surface area contributed by atoms with Gasteiger partial charge in [-0.3, -0.25) is 0 Å². The van der Waals surface area contributed by atoms with E-state index in [1.165, 1.54) is 0 Å². The van der Waals surface area contributed by atoms with Crippen molar-refractivity contribution in [2.45, 2.75) is 12.8 Å². The SMILES string of the molecule is O=C([O-])c1nc(C2=CCOCC2)cs1.O=C([O-])c1nc(C2=CCOCC2)cs1.[Li+].[Li+]. The normalized spacial score (nSPS) is 15.3. The smallest absolute Gasteiger partial charge is 0.542 e. The summed E-state index contributed by atoms with van der Waals surface area (Å²) in [5.41, 5.74) is 3.58. The molecule has 0 amide bonds. The topological polar surface area (TPSA) is 124 Å². The van der Waals surface area contributed by atoms with Crippen LogP contribution in [0.4, 0.5) is 0 Å². The van der Waals surface area contributed by atoms with E-state index in [2.05, 4.69) is 9.97 Å². The van der Waals surface area contributed by atoms with E-state index >= 15 is 0 Å². The van der Waals surface area contributed by atoms with Crippen molar-refractivity contribution in [2.24, 2.45) is 0 Å². The van der Waals surface area contributed by atoms with Crippen LogP contribution in [0.3, 0.4) is 0 Å². The summed E-state index contributed by atoms with van der Waals surface area (Å²) in [5, 5.41) is 24.5. The third kappa shape index (κ3) is 7.49. The quantitative estimate of drug-likeness (QED) is 0.437. The van der Waals surface area contributed by atoms with Gasteiger partial charge in [0.2, 0.25) is 0 Å². The van der Waals surface area contributed by atoms with E-state index in [1.54, 1.807) is 10.8 Å². The molecule has 0 spiro atoms. The van der Waals surface area contributed by atoms with Crippen molar-refractivity contribution in [1.82, 2.24) is 9.97 Å². The molecule has 0 aliphatic carbocycles. The summed E-state index contributed by atoms with van der Waals surface area (Å²) in [5.74, 6) is -2.43. The van der Waals surface area contributed by atoms with Crippen molar-refractivity contribution in [1.29, 1.82) is 0 Å². The molecular weight excluding hydrogens is 418 g/mol. The van der Waals surface area contributed by atoms with Crippen LogP contribution in [0.1, 0.15) is 43.8 Å². The summed E-state index contributed by atoms with van der Waals surface area (Å²) in [6, 6.07) is 0. The maximum Gasteiger partial charge on any atom is 1.00 e. The van der Waals surface area contributed by atoms with Gasteiger partial charge in [-0.25, -0.2) is 9.97 Å². The first-order valence-corrected chi connectivity index (χ1v) is 10.2. The Balaban J connectivity index is 0.000000281. The monoisotopic (exact) mass is 434 g/mol. The molecule has 12 heteroatoms. The molecule has 0 radical (unpaired) electrons. The summed E-state index contributed by atoms with van der Waals surface area (Å²) in [7, 11) is 0. The van der Waals surface area contributed by atoms with Crippen molar-refractivity contribution in [2.75, 3.05) is 26.4 Å². The van der Waals surface area contributed by atoms with Crippen LogP contribution in [-0.4, -0.2) is 48.3 Å². The van der Waals surface area contributed by atoms with Gasteiger partial charge in [-0.05, 0) is 24.0 Å². The molecule has 2 aromatic rings. The molecule has 0 unspecified atom stereocenters. The largest absolute Gasteiger partial charge is 1.00 e. The van der Waals surface area contributed by atoms with Gasteiger partial charge in [-0.1, -0.05) is 12.2 Å². The Morgan fingerprint density at radius 3 is 1.47 bits per heavy atom. The van der Waals surface area contributed by atoms with Gasteiger partial charge in [0.15, 0.2) is 0 Å². The first kappa shape index (κ1) is 26.8. The third-order valence-electron chi connectivity index (χ3n) is 3.94. The second-order valence-corrected chi connectivity index (χ2v) is 7.48. The number of carboxylic acid groups (broad SMARTS) is 2. The van der Waals surface area contributed by atoms with Crippen molar-refractivity contribution >= 4 is 45.8 Å². The first-order valence-electron chi connectivity index (χ1n) is 8.42. The number of thiazole rings is 2. The van der Waals surface area contributed by atoms with Gasteiger partial charge in [0.1, 0.15) is 22.0 Å². The fourth-order valence-electron chi connectivity index (χ4n) is 2.55. The molecule has 0 saturated carbocycles. The molecule has 148 valence electrons. The maximum atomic E-state index is 10.5. The minimum Gasteiger partial charge on any atom is -0.542 e. The van der Waals surface area contributed by atoms with E-state index in [1.807, 2.05) is 12.2 Å². The van der Waals surface area contributed by atoms with Crippen LogP contribution >= 0.6 is 22.7 Å². The average Bonchev–Trinajstić information content (AvgIpc) is 3.40. The van der Waals surface area contributed by atoms with Crippen LogP contribution in [0, 0.1) is 0 Å². The van der Waals surface area contributed by atoms with E-state index in [9.17, 15) is 19.8 Å². The summed E-state index contributed by atoms with van der Waals surface area (Å²) >= 11 is 2.19. The fraction of sp³-hybridized carbons (Fsp3) is 0.333. The Morgan fingerprint density at radius 1 is 0.800 bits per heavy atom. The Bertz CT molecular complexity index is 851. The predicted molar refractivity (Wildman–Crippen MR) is 99.7 cm³/mol. The molecule has 0 saturated heterocycles. The molecule has 4 heterocycles. The van der Waals surface area contributed by atoms with Crippen LogP contribution in [0.25, 0.3) is 11.1 Å². The van der Waals surface area contributed by atoms with E-state index in [0.29, 0.717) is 26.4 Å². The van der Waals surface area contributed by atoms with Gasteiger partial charge in [0.05, 0.1) is 37.8 Å². The molecule has 0 atom stereocenters. The molecule has 0 N–H and O–H groups in total. The number of hydrogen-bond donors (Lipinski definition) is 0. The molecule has 2 aromatic heterocycles.